The number of hydrogen-bond donors (Lipinski definition) is 1. The van der Waals surface area contributed by atoms with Gasteiger partial charge in [-0.25, -0.2) is 0 Å². The molecule has 2 fully saturated rings. The first kappa shape index (κ1) is 8.89. The summed E-state index contributed by atoms with van der Waals surface area (Å²) in [5.41, 5.74) is 0.664. The minimum absolute atomic E-state index is 0.664. The highest BCUT2D eigenvalue weighted by molar-refractivity contribution is 7.99. The van der Waals surface area contributed by atoms with Gasteiger partial charge in [0.2, 0.25) is 0 Å². The fourth-order valence-electron chi connectivity index (χ4n) is 1.86. The summed E-state index contributed by atoms with van der Waals surface area (Å²) in [5.74, 6) is 1.33. The van der Waals surface area contributed by atoms with Crippen LogP contribution in [0.2, 0.25) is 0 Å². The lowest BCUT2D eigenvalue weighted by molar-refractivity contribution is 0.391. The zero-order valence-electron chi connectivity index (χ0n) is 8.10. The first-order chi connectivity index (χ1) is 5.71. The minimum Gasteiger partial charge on any atom is -0.313 e. The van der Waals surface area contributed by atoms with Crippen LogP contribution in [-0.4, -0.2) is 23.6 Å². The van der Waals surface area contributed by atoms with Crippen LogP contribution in [0.15, 0.2) is 0 Å². The summed E-state index contributed by atoms with van der Waals surface area (Å²) < 4.78 is 0. The maximum Gasteiger partial charge on any atom is 0.0212 e. The van der Waals surface area contributed by atoms with Crippen molar-refractivity contribution in [2.75, 3.05) is 12.3 Å². The number of hydrogen-bond acceptors (Lipinski definition) is 2. The van der Waals surface area contributed by atoms with Crippen molar-refractivity contribution in [3.63, 3.8) is 0 Å². The van der Waals surface area contributed by atoms with E-state index in [0.717, 1.165) is 11.3 Å². The van der Waals surface area contributed by atoms with E-state index in [1.54, 1.807) is 0 Å². The lowest BCUT2D eigenvalue weighted by atomic mass is 10.0. The normalized spacial score (nSPS) is 40.5. The maximum atomic E-state index is 3.69. The first-order valence-corrected chi connectivity index (χ1v) is 6.10. The van der Waals surface area contributed by atoms with Crippen molar-refractivity contribution in [2.45, 2.75) is 44.4 Å². The van der Waals surface area contributed by atoms with Gasteiger partial charge in [-0.2, -0.15) is 11.8 Å². The molecule has 0 aromatic rings. The van der Waals surface area contributed by atoms with Gasteiger partial charge >= 0.3 is 0 Å². The van der Waals surface area contributed by atoms with Gasteiger partial charge in [0.25, 0.3) is 0 Å². The van der Waals surface area contributed by atoms with E-state index in [1.165, 1.54) is 31.6 Å². The van der Waals surface area contributed by atoms with Gasteiger partial charge in [-0.1, -0.05) is 13.8 Å². The highest BCUT2D eigenvalue weighted by Crippen LogP contribution is 2.49. The van der Waals surface area contributed by atoms with E-state index in [-0.39, 0.29) is 0 Å². The van der Waals surface area contributed by atoms with Crippen LogP contribution in [0, 0.1) is 5.41 Å². The molecule has 1 saturated carbocycles. The number of nitrogens with one attached hydrogen (secondary N) is 1. The molecular formula is C10H19NS. The number of thioether (sulfide) groups is 1. The predicted molar refractivity (Wildman–Crippen MR) is 55.7 cm³/mol. The molecule has 0 amide bonds. The number of rotatable bonds is 1. The molecule has 1 aliphatic heterocycles. The molecule has 1 saturated heterocycles. The van der Waals surface area contributed by atoms with Gasteiger partial charge in [0, 0.05) is 17.0 Å². The van der Waals surface area contributed by atoms with Crippen LogP contribution in [-0.2, 0) is 0 Å². The lowest BCUT2D eigenvalue weighted by Gasteiger charge is -2.22. The van der Waals surface area contributed by atoms with Gasteiger partial charge in [-0.05, 0) is 31.2 Å². The monoisotopic (exact) mass is 185 g/mol. The molecule has 0 spiro atoms. The average Bonchev–Trinajstić information content (AvgIpc) is 2.77. The third-order valence-electron chi connectivity index (χ3n) is 3.37. The quantitative estimate of drug-likeness (QED) is 0.672. The van der Waals surface area contributed by atoms with Crippen LogP contribution in [0.1, 0.15) is 33.1 Å². The van der Waals surface area contributed by atoms with Crippen molar-refractivity contribution < 1.29 is 0 Å². The minimum atomic E-state index is 0.664. The Morgan fingerprint density at radius 3 is 2.83 bits per heavy atom. The van der Waals surface area contributed by atoms with Crippen molar-refractivity contribution in [3.05, 3.63) is 0 Å². The Morgan fingerprint density at radius 1 is 1.42 bits per heavy atom. The summed E-state index contributed by atoms with van der Waals surface area (Å²) in [7, 11) is 0. The summed E-state index contributed by atoms with van der Waals surface area (Å²) in [6, 6.07) is 0.799. The van der Waals surface area contributed by atoms with E-state index < -0.39 is 0 Å². The predicted octanol–water partition coefficient (Wildman–Crippen LogP) is 2.27. The van der Waals surface area contributed by atoms with Crippen molar-refractivity contribution in [1.82, 2.24) is 5.32 Å². The smallest absolute Gasteiger partial charge is 0.0212 e. The molecule has 2 unspecified atom stereocenters. The standard InChI is InChI=1S/C10H19NS/c1-8-3-6-11-9(7-12-8)10(2)4-5-10/h8-9,11H,3-7H2,1-2H3. The summed E-state index contributed by atoms with van der Waals surface area (Å²) >= 11 is 2.15. The van der Waals surface area contributed by atoms with Gasteiger partial charge in [-0.15, -0.1) is 0 Å². The molecule has 70 valence electrons. The van der Waals surface area contributed by atoms with Crippen LogP contribution < -0.4 is 5.32 Å². The molecule has 2 rings (SSSR count). The van der Waals surface area contributed by atoms with E-state index in [4.69, 9.17) is 0 Å². The van der Waals surface area contributed by atoms with Crippen molar-refractivity contribution in [1.29, 1.82) is 0 Å². The van der Waals surface area contributed by atoms with Crippen LogP contribution >= 0.6 is 11.8 Å². The summed E-state index contributed by atoms with van der Waals surface area (Å²) in [4.78, 5) is 0. The fraction of sp³-hybridized carbons (Fsp3) is 1.00. The highest BCUT2D eigenvalue weighted by atomic mass is 32.2. The van der Waals surface area contributed by atoms with Gasteiger partial charge in [0.15, 0.2) is 0 Å². The second kappa shape index (κ2) is 3.22. The van der Waals surface area contributed by atoms with Gasteiger partial charge in [0.1, 0.15) is 0 Å². The molecule has 0 radical (unpaired) electrons. The molecule has 1 nitrogen and oxygen atoms in total. The molecule has 0 bridgehead atoms. The molecule has 0 aromatic heterocycles. The topological polar surface area (TPSA) is 12.0 Å². The Morgan fingerprint density at radius 2 is 2.17 bits per heavy atom. The fourth-order valence-corrected chi connectivity index (χ4v) is 3.18. The molecule has 2 aliphatic rings. The molecule has 1 aliphatic carbocycles. The molecule has 2 heteroatoms. The Labute approximate surface area is 79.7 Å². The van der Waals surface area contributed by atoms with E-state index in [9.17, 15) is 0 Å². The van der Waals surface area contributed by atoms with E-state index >= 15 is 0 Å². The first-order valence-electron chi connectivity index (χ1n) is 5.06. The molecule has 12 heavy (non-hydrogen) atoms. The Kier molecular flexibility index (Phi) is 2.39. The van der Waals surface area contributed by atoms with Crippen LogP contribution in [0.3, 0.4) is 0 Å². The molecule has 2 atom stereocenters. The third kappa shape index (κ3) is 1.80. The highest BCUT2D eigenvalue weighted by Gasteiger charge is 2.44. The largest absolute Gasteiger partial charge is 0.313 e. The van der Waals surface area contributed by atoms with Crippen molar-refractivity contribution in [3.8, 4) is 0 Å². The summed E-state index contributed by atoms with van der Waals surface area (Å²) in [6.45, 7) is 6.01. The Balaban J connectivity index is 1.90. The van der Waals surface area contributed by atoms with Crippen LogP contribution in [0.5, 0.6) is 0 Å². The van der Waals surface area contributed by atoms with E-state index in [1.807, 2.05) is 0 Å². The average molecular weight is 185 g/mol. The molecular weight excluding hydrogens is 166 g/mol. The van der Waals surface area contributed by atoms with Crippen LogP contribution in [0.25, 0.3) is 0 Å². The zero-order chi connectivity index (χ0) is 8.60. The summed E-state index contributed by atoms with van der Waals surface area (Å²) in [6.07, 6.45) is 4.23. The second-order valence-electron chi connectivity index (χ2n) is 4.59. The van der Waals surface area contributed by atoms with E-state index in [2.05, 4.69) is 30.9 Å². The third-order valence-corrected chi connectivity index (χ3v) is 4.70. The lowest BCUT2D eigenvalue weighted by Crippen LogP contribution is -2.37. The second-order valence-corrected chi connectivity index (χ2v) is 6.06. The Hall–Kier alpha value is 0.310. The molecule has 1 N–H and O–H groups in total. The Bertz CT molecular complexity index is 165. The van der Waals surface area contributed by atoms with Crippen molar-refractivity contribution in [2.24, 2.45) is 5.41 Å². The van der Waals surface area contributed by atoms with Gasteiger partial charge in [-0.3, -0.25) is 0 Å². The van der Waals surface area contributed by atoms with Crippen LogP contribution in [0.4, 0.5) is 0 Å². The summed E-state index contributed by atoms with van der Waals surface area (Å²) in [5, 5.41) is 4.56. The van der Waals surface area contributed by atoms with Crippen molar-refractivity contribution >= 4 is 11.8 Å². The molecule has 0 aromatic carbocycles. The zero-order valence-corrected chi connectivity index (χ0v) is 8.91. The van der Waals surface area contributed by atoms with Gasteiger partial charge < -0.3 is 5.32 Å². The van der Waals surface area contributed by atoms with E-state index in [0.29, 0.717) is 5.41 Å². The maximum absolute atomic E-state index is 3.69. The molecule has 1 heterocycles. The van der Waals surface area contributed by atoms with Gasteiger partial charge in [0.05, 0.1) is 0 Å². The SMILES string of the molecule is CC1CCNC(C2(C)CC2)CS1.